The third-order valence-corrected chi connectivity index (χ3v) is 6.01. The van der Waals surface area contributed by atoms with E-state index >= 15 is 0 Å². The summed E-state index contributed by atoms with van der Waals surface area (Å²) in [6.45, 7) is 5.74. The van der Waals surface area contributed by atoms with Crippen LogP contribution in [-0.2, 0) is 11.2 Å². The third-order valence-electron chi connectivity index (χ3n) is 6.01. The minimum absolute atomic E-state index is 0.0345. The van der Waals surface area contributed by atoms with Crippen molar-refractivity contribution in [2.24, 2.45) is 0 Å². The lowest BCUT2D eigenvalue weighted by Crippen LogP contribution is -2.61. The van der Waals surface area contributed by atoms with Crippen LogP contribution < -0.4 is 16.0 Å². The van der Waals surface area contributed by atoms with E-state index in [-0.39, 0.29) is 30.1 Å². The normalized spacial score (nSPS) is 16.4. The smallest absolute Gasteiger partial charge is 0.319 e. The molecule has 2 aromatic carbocycles. The fourth-order valence-corrected chi connectivity index (χ4v) is 4.08. The van der Waals surface area contributed by atoms with E-state index in [9.17, 15) is 18.8 Å². The van der Waals surface area contributed by atoms with E-state index in [2.05, 4.69) is 22.9 Å². The van der Waals surface area contributed by atoms with Crippen molar-refractivity contribution in [1.82, 2.24) is 20.4 Å². The number of hydrogen-bond acceptors (Lipinski definition) is 3. The topological polar surface area (TPSA) is 93.8 Å². The van der Waals surface area contributed by atoms with Gasteiger partial charge in [0, 0.05) is 38.6 Å². The van der Waals surface area contributed by atoms with Gasteiger partial charge in [-0.25, -0.2) is 14.0 Å². The molecular formula is C26H34FN5O3. The van der Waals surface area contributed by atoms with Gasteiger partial charge in [-0.1, -0.05) is 55.8 Å². The van der Waals surface area contributed by atoms with Crippen molar-refractivity contribution in [3.8, 4) is 0 Å². The standard InChI is InChI=1S/C26H34FN5O3/c1-3-4-14-28-26(35)32-16-15-31(18-19(32)2)24(33)23(17-20-10-6-5-7-11-20)30-25(34)29-22-13-9-8-12-21(22)27/h5-13,19,23H,3-4,14-18H2,1-2H3,(H,28,35)(H2,29,30,34). The molecular weight excluding hydrogens is 449 g/mol. The second-order valence-electron chi connectivity index (χ2n) is 8.73. The summed E-state index contributed by atoms with van der Waals surface area (Å²) in [5.41, 5.74) is 0.922. The maximum Gasteiger partial charge on any atom is 0.319 e. The maximum absolute atomic E-state index is 14.0. The number of carbonyl (C=O) groups excluding carboxylic acids is 3. The first-order chi connectivity index (χ1) is 16.9. The van der Waals surface area contributed by atoms with Gasteiger partial charge in [-0.3, -0.25) is 4.79 Å². The van der Waals surface area contributed by atoms with Crippen LogP contribution in [0.4, 0.5) is 19.7 Å². The monoisotopic (exact) mass is 483 g/mol. The molecule has 0 spiro atoms. The highest BCUT2D eigenvalue weighted by Crippen LogP contribution is 2.15. The number of hydrogen-bond donors (Lipinski definition) is 3. The number of amides is 5. The second kappa shape index (κ2) is 12.7. The highest BCUT2D eigenvalue weighted by atomic mass is 19.1. The number of anilines is 1. The number of halogens is 1. The molecule has 1 saturated heterocycles. The molecule has 1 heterocycles. The first-order valence-electron chi connectivity index (χ1n) is 12.1. The van der Waals surface area contributed by atoms with E-state index in [1.54, 1.807) is 15.9 Å². The Labute approximate surface area is 205 Å². The van der Waals surface area contributed by atoms with Gasteiger partial charge in [0.2, 0.25) is 5.91 Å². The Hall–Kier alpha value is -3.62. The summed E-state index contributed by atoms with van der Waals surface area (Å²) < 4.78 is 14.0. The van der Waals surface area contributed by atoms with Gasteiger partial charge in [-0.2, -0.15) is 0 Å². The van der Waals surface area contributed by atoms with Crippen molar-refractivity contribution in [2.75, 3.05) is 31.5 Å². The number of para-hydroxylation sites is 1. The molecule has 3 N–H and O–H groups in total. The number of unbranched alkanes of at least 4 members (excludes halogenated alkanes) is 1. The molecule has 35 heavy (non-hydrogen) atoms. The van der Waals surface area contributed by atoms with Crippen LogP contribution in [0.5, 0.6) is 0 Å². The van der Waals surface area contributed by atoms with E-state index in [4.69, 9.17) is 0 Å². The molecule has 0 aliphatic carbocycles. The number of benzene rings is 2. The largest absolute Gasteiger partial charge is 0.338 e. The van der Waals surface area contributed by atoms with E-state index < -0.39 is 17.9 Å². The van der Waals surface area contributed by atoms with E-state index in [1.807, 2.05) is 37.3 Å². The Morgan fingerprint density at radius 2 is 1.77 bits per heavy atom. The average Bonchev–Trinajstić information content (AvgIpc) is 2.85. The summed E-state index contributed by atoms with van der Waals surface area (Å²) in [4.78, 5) is 42.1. The molecule has 8 nitrogen and oxygen atoms in total. The summed E-state index contributed by atoms with van der Waals surface area (Å²) in [5, 5.41) is 8.13. The fraction of sp³-hybridized carbons (Fsp3) is 0.423. The van der Waals surface area contributed by atoms with Crippen LogP contribution in [0.3, 0.4) is 0 Å². The molecule has 188 valence electrons. The van der Waals surface area contributed by atoms with Crippen LogP contribution in [0.1, 0.15) is 32.3 Å². The van der Waals surface area contributed by atoms with Gasteiger partial charge in [0.1, 0.15) is 11.9 Å². The molecule has 0 saturated carbocycles. The van der Waals surface area contributed by atoms with Gasteiger partial charge in [0.15, 0.2) is 0 Å². The summed E-state index contributed by atoms with van der Waals surface area (Å²) in [7, 11) is 0. The first kappa shape index (κ1) is 26.0. The first-order valence-corrected chi connectivity index (χ1v) is 12.1. The average molecular weight is 484 g/mol. The Balaban J connectivity index is 1.67. The molecule has 3 rings (SSSR count). The molecule has 0 bridgehead atoms. The summed E-state index contributed by atoms with van der Waals surface area (Å²) in [6, 6.07) is 13.4. The molecule has 5 amide bonds. The van der Waals surface area contributed by atoms with Crippen LogP contribution in [0.15, 0.2) is 54.6 Å². The van der Waals surface area contributed by atoms with Crippen molar-refractivity contribution in [3.63, 3.8) is 0 Å². The van der Waals surface area contributed by atoms with Gasteiger partial charge in [0.25, 0.3) is 0 Å². The second-order valence-corrected chi connectivity index (χ2v) is 8.73. The molecule has 1 fully saturated rings. The van der Waals surface area contributed by atoms with Crippen LogP contribution in [0, 0.1) is 5.82 Å². The van der Waals surface area contributed by atoms with Crippen molar-refractivity contribution in [3.05, 3.63) is 66.0 Å². The zero-order valence-corrected chi connectivity index (χ0v) is 20.3. The van der Waals surface area contributed by atoms with Crippen molar-refractivity contribution >= 4 is 23.7 Å². The highest BCUT2D eigenvalue weighted by molar-refractivity contribution is 5.94. The molecule has 1 aliphatic heterocycles. The minimum Gasteiger partial charge on any atom is -0.338 e. The summed E-state index contributed by atoms with van der Waals surface area (Å²) in [6.07, 6.45) is 2.20. The number of nitrogens with zero attached hydrogens (tertiary/aromatic N) is 2. The van der Waals surface area contributed by atoms with Crippen LogP contribution in [-0.4, -0.2) is 66.0 Å². The molecule has 0 radical (unpaired) electrons. The molecule has 1 aliphatic rings. The predicted molar refractivity (Wildman–Crippen MR) is 134 cm³/mol. The van der Waals surface area contributed by atoms with Gasteiger partial charge in [-0.05, 0) is 31.0 Å². The number of carbonyl (C=O) groups is 3. The maximum atomic E-state index is 14.0. The Morgan fingerprint density at radius 1 is 1.06 bits per heavy atom. The van der Waals surface area contributed by atoms with Crippen molar-refractivity contribution < 1.29 is 18.8 Å². The lowest BCUT2D eigenvalue weighted by atomic mass is 10.0. The number of nitrogens with one attached hydrogen (secondary N) is 3. The zero-order valence-electron chi connectivity index (χ0n) is 20.3. The highest BCUT2D eigenvalue weighted by Gasteiger charge is 2.33. The Bertz CT molecular complexity index is 1000. The quantitative estimate of drug-likeness (QED) is 0.501. The zero-order chi connectivity index (χ0) is 25.2. The SMILES string of the molecule is CCCCNC(=O)N1CCN(C(=O)C(Cc2ccccc2)NC(=O)Nc2ccccc2F)CC1C. The van der Waals surface area contributed by atoms with Gasteiger partial charge in [-0.15, -0.1) is 0 Å². The van der Waals surface area contributed by atoms with Gasteiger partial charge in [0.05, 0.1) is 5.69 Å². The molecule has 2 atom stereocenters. The van der Waals surface area contributed by atoms with E-state index in [1.165, 1.54) is 18.2 Å². The lowest BCUT2D eigenvalue weighted by Gasteiger charge is -2.41. The molecule has 9 heteroatoms. The van der Waals surface area contributed by atoms with Crippen molar-refractivity contribution in [1.29, 1.82) is 0 Å². The van der Waals surface area contributed by atoms with Crippen molar-refractivity contribution in [2.45, 2.75) is 45.2 Å². The molecule has 2 unspecified atom stereocenters. The van der Waals surface area contributed by atoms with Gasteiger partial charge >= 0.3 is 12.1 Å². The Morgan fingerprint density at radius 3 is 2.46 bits per heavy atom. The Kier molecular flexibility index (Phi) is 9.46. The van der Waals surface area contributed by atoms with Crippen LogP contribution >= 0.6 is 0 Å². The molecule has 0 aromatic heterocycles. The fourth-order valence-electron chi connectivity index (χ4n) is 4.08. The number of urea groups is 2. The number of piperazine rings is 1. The summed E-state index contributed by atoms with van der Waals surface area (Å²) in [5.74, 6) is -0.800. The summed E-state index contributed by atoms with van der Waals surface area (Å²) >= 11 is 0. The van der Waals surface area contributed by atoms with E-state index in [0.717, 1.165) is 18.4 Å². The third kappa shape index (κ3) is 7.43. The number of rotatable bonds is 8. The predicted octanol–water partition coefficient (Wildman–Crippen LogP) is 3.60. The lowest BCUT2D eigenvalue weighted by molar-refractivity contribution is -0.135. The van der Waals surface area contributed by atoms with Gasteiger partial charge < -0.3 is 25.8 Å². The minimum atomic E-state index is -0.846. The van der Waals surface area contributed by atoms with E-state index in [0.29, 0.717) is 26.2 Å². The van der Waals surface area contributed by atoms with Crippen LogP contribution in [0.2, 0.25) is 0 Å². The van der Waals surface area contributed by atoms with Crippen LogP contribution in [0.25, 0.3) is 0 Å². The molecule has 2 aromatic rings.